The van der Waals surface area contributed by atoms with Gasteiger partial charge >= 0.3 is 5.97 Å². The standard InChI is InChI=1S/C18H17N5O2/c19-16-15-17(21-10-20-16)23(11-22-15)7-8-25-18(24)14-6-5-12-3-1-2-4-13(12)9-14/h2,4-6,9-11H,1,3,7-8H2,(H2,19,20,21). The van der Waals surface area contributed by atoms with E-state index in [0.29, 0.717) is 29.1 Å². The molecule has 0 atom stereocenters. The van der Waals surface area contributed by atoms with Crippen LogP contribution >= 0.6 is 0 Å². The highest BCUT2D eigenvalue weighted by molar-refractivity contribution is 5.90. The van der Waals surface area contributed by atoms with Crippen molar-refractivity contribution < 1.29 is 9.53 Å². The lowest BCUT2D eigenvalue weighted by Gasteiger charge is -2.12. The van der Waals surface area contributed by atoms with Crippen LogP contribution < -0.4 is 5.73 Å². The lowest BCUT2D eigenvalue weighted by molar-refractivity contribution is 0.0492. The predicted octanol–water partition coefficient (Wildman–Crippen LogP) is 2.22. The predicted molar refractivity (Wildman–Crippen MR) is 93.8 cm³/mol. The fourth-order valence-corrected chi connectivity index (χ4v) is 2.94. The van der Waals surface area contributed by atoms with Crippen LogP contribution in [0.2, 0.25) is 0 Å². The number of hydrogen-bond acceptors (Lipinski definition) is 6. The van der Waals surface area contributed by atoms with Crippen LogP contribution in [-0.4, -0.2) is 32.1 Å². The molecule has 0 aliphatic heterocycles. The van der Waals surface area contributed by atoms with Crippen molar-refractivity contribution in [2.24, 2.45) is 0 Å². The highest BCUT2D eigenvalue weighted by Crippen LogP contribution is 2.21. The molecule has 4 rings (SSSR count). The third-order valence-corrected chi connectivity index (χ3v) is 4.25. The number of benzene rings is 1. The molecule has 0 saturated heterocycles. The van der Waals surface area contributed by atoms with E-state index in [1.807, 2.05) is 18.2 Å². The van der Waals surface area contributed by atoms with Crippen molar-refractivity contribution in [1.29, 1.82) is 0 Å². The Labute approximate surface area is 144 Å². The molecule has 0 unspecified atom stereocenters. The summed E-state index contributed by atoms with van der Waals surface area (Å²) in [5.74, 6) is 0.00296. The number of nitrogen functional groups attached to an aromatic ring is 1. The highest BCUT2D eigenvalue weighted by Gasteiger charge is 2.12. The Morgan fingerprint density at radius 1 is 1.28 bits per heavy atom. The number of allylic oxidation sites excluding steroid dienone is 1. The lowest BCUT2D eigenvalue weighted by atomic mass is 9.95. The SMILES string of the molecule is Nc1ncnc2c1ncn2CCOC(=O)c1ccc2c(c1)C=CCC2. The summed E-state index contributed by atoms with van der Waals surface area (Å²) in [5, 5.41) is 0. The quantitative estimate of drug-likeness (QED) is 0.735. The second kappa shape index (κ2) is 6.35. The molecule has 0 radical (unpaired) electrons. The van der Waals surface area contributed by atoms with Crippen molar-refractivity contribution in [3.05, 3.63) is 53.6 Å². The molecule has 2 aromatic heterocycles. The van der Waals surface area contributed by atoms with Crippen LogP contribution in [0.5, 0.6) is 0 Å². The maximum absolute atomic E-state index is 12.3. The van der Waals surface area contributed by atoms with Crippen molar-refractivity contribution in [2.75, 3.05) is 12.3 Å². The molecule has 3 aromatic rings. The van der Waals surface area contributed by atoms with Gasteiger partial charge in [0.15, 0.2) is 11.5 Å². The molecule has 7 heteroatoms. The maximum Gasteiger partial charge on any atom is 0.338 e. The number of carbonyl (C=O) groups is 1. The summed E-state index contributed by atoms with van der Waals surface area (Å²) in [7, 11) is 0. The second-order valence-corrected chi connectivity index (χ2v) is 5.86. The van der Waals surface area contributed by atoms with Gasteiger partial charge in [0.2, 0.25) is 0 Å². The number of anilines is 1. The molecule has 2 N–H and O–H groups in total. The molecule has 126 valence electrons. The minimum absolute atomic E-state index is 0.223. The van der Waals surface area contributed by atoms with Crippen molar-refractivity contribution in [2.45, 2.75) is 19.4 Å². The average Bonchev–Trinajstić information content (AvgIpc) is 3.06. The molecule has 0 spiro atoms. The van der Waals surface area contributed by atoms with E-state index in [9.17, 15) is 4.79 Å². The van der Waals surface area contributed by atoms with Crippen LogP contribution in [0.4, 0.5) is 5.82 Å². The number of fused-ring (bicyclic) bond motifs is 2. The van der Waals surface area contributed by atoms with E-state index in [1.54, 1.807) is 10.9 Å². The Morgan fingerprint density at radius 2 is 2.20 bits per heavy atom. The van der Waals surface area contributed by atoms with Gasteiger partial charge in [0.1, 0.15) is 18.5 Å². The van der Waals surface area contributed by atoms with Gasteiger partial charge in [0.25, 0.3) is 0 Å². The lowest BCUT2D eigenvalue weighted by Crippen LogP contribution is -2.12. The summed E-state index contributed by atoms with van der Waals surface area (Å²) in [4.78, 5) is 24.5. The monoisotopic (exact) mass is 335 g/mol. The fraction of sp³-hybridized carbons (Fsp3) is 0.222. The largest absolute Gasteiger partial charge is 0.460 e. The third-order valence-electron chi connectivity index (χ3n) is 4.25. The van der Waals surface area contributed by atoms with Crippen molar-refractivity contribution in [3.63, 3.8) is 0 Å². The smallest absolute Gasteiger partial charge is 0.338 e. The number of rotatable bonds is 4. The number of esters is 1. The van der Waals surface area contributed by atoms with Crippen LogP contribution in [0.3, 0.4) is 0 Å². The van der Waals surface area contributed by atoms with Gasteiger partial charge in [-0.05, 0) is 36.1 Å². The summed E-state index contributed by atoms with van der Waals surface area (Å²) in [6, 6.07) is 5.70. The van der Waals surface area contributed by atoms with Gasteiger partial charge in [-0.2, -0.15) is 0 Å². The Morgan fingerprint density at radius 3 is 3.12 bits per heavy atom. The van der Waals surface area contributed by atoms with E-state index in [1.165, 1.54) is 11.9 Å². The van der Waals surface area contributed by atoms with E-state index in [-0.39, 0.29) is 12.6 Å². The fourth-order valence-electron chi connectivity index (χ4n) is 2.94. The first kappa shape index (κ1) is 15.3. The first-order valence-corrected chi connectivity index (χ1v) is 8.10. The number of nitrogens with two attached hydrogens (primary N) is 1. The van der Waals surface area contributed by atoms with Crippen molar-refractivity contribution in [1.82, 2.24) is 19.5 Å². The number of aromatic nitrogens is 4. The van der Waals surface area contributed by atoms with E-state index in [4.69, 9.17) is 10.5 Å². The van der Waals surface area contributed by atoms with Gasteiger partial charge in [-0.25, -0.2) is 19.7 Å². The molecule has 0 saturated carbocycles. The maximum atomic E-state index is 12.3. The zero-order chi connectivity index (χ0) is 17.2. The van der Waals surface area contributed by atoms with E-state index < -0.39 is 0 Å². The Hall–Kier alpha value is -3.22. The van der Waals surface area contributed by atoms with Gasteiger partial charge in [0, 0.05) is 0 Å². The van der Waals surface area contributed by atoms with Crippen LogP contribution in [0, 0.1) is 0 Å². The number of hydrogen-bond donors (Lipinski definition) is 1. The zero-order valence-electron chi connectivity index (χ0n) is 13.6. The summed E-state index contributed by atoms with van der Waals surface area (Å²) in [6.45, 7) is 0.671. The molecule has 0 amide bonds. The van der Waals surface area contributed by atoms with E-state index in [0.717, 1.165) is 18.4 Å². The Kier molecular flexibility index (Phi) is 3.89. The molecule has 25 heavy (non-hydrogen) atoms. The molecule has 7 nitrogen and oxygen atoms in total. The van der Waals surface area contributed by atoms with E-state index in [2.05, 4.69) is 27.1 Å². The first-order chi connectivity index (χ1) is 12.2. The number of imidazole rings is 1. The number of ether oxygens (including phenoxy) is 1. The number of carbonyl (C=O) groups excluding carboxylic acids is 1. The van der Waals surface area contributed by atoms with Gasteiger partial charge in [0.05, 0.1) is 18.4 Å². The summed E-state index contributed by atoms with van der Waals surface area (Å²) >= 11 is 0. The summed E-state index contributed by atoms with van der Waals surface area (Å²) in [5.41, 5.74) is 9.86. The topological polar surface area (TPSA) is 95.9 Å². The minimum Gasteiger partial charge on any atom is -0.460 e. The van der Waals surface area contributed by atoms with E-state index >= 15 is 0 Å². The van der Waals surface area contributed by atoms with Crippen LogP contribution in [0.25, 0.3) is 17.2 Å². The summed E-state index contributed by atoms with van der Waals surface area (Å²) < 4.78 is 7.17. The molecule has 1 aliphatic rings. The molecule has 0 bridgehead atoms. The van der Waals surface area contributed by atoms with Gasteiger partial charge in [-0.15, -0.1) is 0 Å². The molecule has 2 heterocycles. The molecular weight excluding hydrogens is 318 g/mol. The van der Waals surface area contributed by atoms with Gasteiger partial charge in [-0.1, -0.05) is 18.2 Å². The van der Waals surface area contributed by atoms with Gasteiger partial charge in [-0.3, -0.25) is 0 Å². The molecule has 1 aromatic carbocycles. The third kappa shape index (κ3) is 2.96. The molecule has 1 aliphatic carbocycles. The van der Waals surface area contributed by atoms with Crippen molar-refractivity contribution >= 4 is 29.0 Å². The summed E-state index contributed by atoms with van der Waals surface area (Å²) in [6.07, 6.45) is 9.24. The Balaban J connectivity index is 1.42. The number of nitrogens with zero attached hydrogens (tertiary/aromatic N) is 4. The minimum atomic E-state index is -0.333. The number of aryl methyl sites for hydroxylation is 1. The normalized spacial score (nSPS) is 13.0. The molecular formula is C18H17N5O2. The van der Waals surface area contributed by atoms with Gasteiger partial charge < -0.3 is 15.0 Å². The second-order valence-electron chi connectivity index (χ2n) is 5.86. The highest BCUT2D eigenvalue weighted by atomic mass is 16.5. The average molecular weight is 335 g/mol. The van der Waals surface area contributed by atoms with Crippen LogP contribution in [-0.2, 0) is 17.7 Å². The van der Waals surface area contributed by atoms with Crippen LogP contribution in [0.15, 0.2) is 36.9 Å². The molecule has 0 fully saturated rings. The van der Waals surface area contributed by atoms with Crippen LogP contribution in [0.1, 0.15) is 27.9 Å². The van der Waals surface area contributed by atoms with Crippen molar-refractivity contribution in [3.8, 4) is 0 Å². The first-order valence-electron chi connectivity index (χ1n) is 8.10. The zero-order valence-corrected chi connectivity index (χ0v) is 13.6. The Bertz CT molecular complexity index is 977.